The molecule has 3 N–H and O–H groups in total. The van der Waals surface area contributed by atoms with Crippen LogP contribution in [0.25, 0.3) is 11.1 Å². The third-order valence-electron chi connectivity index (χ3n) is 6.98. The maximum Gasteiger partial charge on any atom is 0.411 e. The number of nitrogens with one attached hydrogen (secondary N) is 2. The fraction of sp³-hybridized carbons (Fsp3) is 0.296. The molecule has 3 aromatic rings. The van der Waals surface area contributed by atoms with Gasteiger partial charge in [0.25, 0.3) is 5.91 Å². The number of amides is 2. The summed E-state index contributed by atoms with van der Waals surface area (Å²) in [6.07, 6.45) is 0.538. The molecule has 0 fully saturated rings. The summed E-state index contributed by atoms with van der Waals surface area (Å²) in [5, 5.41) is 14.8. The minimum absolute atomic E-state index is 0.0979. The number of hydrogen-bond donors (Lipinski definition) is 3. The highest BCUT2D eigenvalue weighted by molar-refractivity contribution is 6.01. The Morgan fingerprint density at radius 1 is 0.943 bits per heavy atom. The Morgan fingerprint density at radius 3 is 2.09 bits per heavy atom. The topological polar surface area (TPSA) is 118 Å². The summed E-state index contributed by atoms with van der Waals surface area (Å²) in [5.41, 5.74) is 2.19. The molecule has 0 radical (unpaired) electrons. The summed E-state index contributed by atoms with van der Waals surface area (Å²) in [5.74, 6) is -1.95. The predicted octanol–water partition coefficient (Wildman–Crippen LogP) is 5.26. The first-order chi connectivity index (χ1) is 16.5. The number of hydrogen-bond acceptors (Lipinski definition) is 5. The summed E-state index contributed by atoms with van der Waals surface area (Å²) in [4.78, 5) is 37.1. The fourth-order valence-corrected chi connectivity index (χ4v) is 4.09. The average molecular weight is 477 g/mol. The molecule has 0 atom stereocenters. The van der Waals surface area contributed by atoms with E-state index in [0.29, 0.717) is 0 Å². The van der Waals surface area contributed by atoms with Crippen molar-refractivity contribution in [2.24, 2.45) is 5.41 Å². The molecule has 0 aliphatic heterocycles. The normalized spacial score (nSPS) is 13.0. The van der Waals surface area contributed by atoms with Gasteiger partial charge in [-0.25, -0.2) is 4.79 Å². The van der Waals surface area contributed by atoms with Crippen LogP contribution in [0.4, 0.5) is 10.5 Å². The van der Waals surface area contributed by atoms with Crippen LogP contribution in [0.5, 0.6) is 0 Å². The van der Waals surface area contributed by atoms with Crippen LogP contribution in [0.2, 0.25) is 0 Å². The van der Waals surface area contributed by atoms with Crippen molar-refractivity contribution < 1.29 is 28.6 Å². The van der Waals surface area contributed by atoms with E-state index in [1.54, 1.807) is 13.8 Å². The fourth-order valence-electron chi connectivity index (χ4n) is 4.09. The maximum atomic E-state index is 12.8. The number of carboxylic acids is 1. The smallest absolute Gasteiger partial charge is 0.411 e. The molecule has 8 nitrogen and oxygen atoms in total. The van der Waals surface area contributed by atoms with Crippen molar-refractivity contribution in [3.63, 3.8) is 0 Å². The third kappa shape index (κ3) is 4.39. The number of rotatable bonds is 7. The van der Waals surface area contributed by atoms with Gasteiger partial charge in [0.15, 0.2) is 0 Å². The molecule has 0 bridgehead atoms. The molecule has 1 heterocycles. The van der Waals surface area contributed by atoms with Crippen molar-refractivity contribution in [3.05, 3.63) is 77.7 Å². The number of furan rings is 1. The lowest BCUT2D eigenvalue weighted by molar-refractivity contribution is -0.150. The molecular weight excluding hydrogens is 448 g/mol. The Bertz CT molecular complexity index is 1240. The Balaban J connectivity index is 1.43. The second-order valence-electron chi connectivity index (χ2n) is 9.62. The number of carboxylic acid groups (broad SMARTS) is 1. The SMILES string of the molecule is CC(C)(NC(=O)c1occc1NC(=O)OCC1c2ccccc2-c2ccccc21)C(C)(C)C(=O)O. The second kappa shape index (κ2) is 8.94. The van der Waals surface area contributed by atoms with E-state index in [4.69, 9.17) is 9.15 Å². The van der Waals surface area contributed by atoms with Gasteiger partial charge in [0, 0.05) is 12.0 Å². The quantitative estimate of drug-likeness (QED) is 0.428. The average Bonchev–Trinajstić information content (AvgIpc) is 3.39. The predicted molar refractivity (Wildman–Crippen MR) is 130 cm³/mol. The van der Waals surface area contributed by atoms with E-state index >= 15 is 0 Å². The summed E-state index contributed by atoms with van der Waals surface area (Å²) >= 11 is 0. The molecule has 2 aromatic carbocycles. The van der Waals surface area contributed by atoms with Crippen molar-refractivity contribution >= 4 is 23.7 Å². The summed E-state index contributed by atoms with van der Waals surface area (Å²) in [6.45, 7) is 6.39. The number of benzene rings is 2. The Hall–Kier alpha value is -4.07. The van der Waals surface area contributed by atoms with Crippen LogP contribution >= 0.6 is 0 Å². The molecule has 0 spiro atoms. The third-order valence-corrected chi connectivity index (χ3v) is 6.98. The number of carbonyl (C=O) groups excluding carboxylic acids is 2. The molecule has 182 valence electrons. The minimum Gasteiger partial charge on any atom is -0.481 e. The van der Waals surface area contributed by atoms with Crippen LogP contribution in [-0.2, 0) is 9.53 Å². The first-order valence-corrected chi connectivity index (χ1v) is 11.3. The van der Waals surface area contributed by atoms with E-state index in [0.717, 1.165) is 22.3 Å². The highest BCUT2D eigenvalue weighted by atomic mass is 16.5. The van der Waals surface area contributed by atoms with E-state index in [1.165, 1.54) is 26.2 Å². The van der Waals surface area contributed by atoms with Crippen molar-refractivity contribution in [3.8, 4) is 11.1 Å². The van der Waals surface area contributed by atoms with Crippen LogP contribution in [0.1, 0.15) is 55.3 Å². The number of fused-ring (bicyclic) bond motifs is 3. The molecule has 1 aromatic heterocycles. The molecule has 0 saturated carbocycles. The molecule has 35 heavy (non-hydrogen) atoms. The van der Waals surface area contributed by atoms with Gasteiger partial charge < -0.3 is 19.6 Å². The van der Waals surface area contributed by atoms with Crippen LogP contribution in [0.3, 0.4) is 0 Å². The zero-order valence-corrected chi connectivity index (χ0v) is 20.0. The van der Waals surface area contributed by atoms with Crippen LogP contribution < -0.4 is 10.6 Å². The molecule has 8 heteroatoms. The lowest BCUT2D eigenvalue weighted by atomic mass is 9.74. The molecule has 1 aliphatic rings. The lowest BCUT2D eigenvalue weighted by Gasteiger charge is -2.38. The van der Waals surface area contributed by atoms with Gasteiger partial charge in [-0.15, -0.1) is 0 Å². The van der Waals surface area contributed by atoms with Gasteiger partial charge in [0.2, 0.25) is 5.76 Å². The highest BCUT2D eigenvalue weighted by Gasteiger charge is 2.45. The van der Waals surface area contributed by atoms with Gasteiger partial charge in [-0.1, -0.05) is 48.5 Å². The minimum atomic E-state index is -1.25. The van der Waals surface area contributed by atoms with Crippen LogP contribution in [0.15, 0.2) is 65.3 Å². The molecule has 2 amide bonds. The van der Waals surface area contributed by atoms with Gasteiger partial charge in [0.05, 0.1) is 22.9 Å². The van der Waals surface area contributed by atoms with E-state index in [-0.39, 0.29) is 24.0 Å². The van der Waals surface area contributed by atoms with E-state index in [9.17, 15) is 19.5 Å². The Kier molecular flexibility index (Phi) is 6.15. The Labute approximate surface area is 203 Å². The lowest BCUT2D eigenvalue weighted by Crippen LogP contribution is -2.57. The first-order valence-electron chi connectivity index (χ1n) is 11.3. The number of ether oxygens (including phenoxy) is 1. The van der Waals surface area contributed by atoms with Crippen LogP contribution in [-0.4, -0.2) is 35.2 Å². The zero-order chi connectivity index (χ0) is 25.4. The van der Waals surface area contributed by atoms with E-state index in [2.05, 4.69) is 22.8 Å². The standard InChI is InChI=1S/C27H28N2O6/c1-26(2,24(31)32)27(3,4)29-23(30)22-21(13-14-34-22)28-25(33)35-15-20-18-11-7-5-9-16(18)17-10-6-8-12-19(17)20/h5-14,20H,15H2,1-4H3,(H,28,33)(H,29,30)(H,31,32). The largest absolute Gasteiger partial charge is 0.481 e. The maximum absolute atomic E-state index is 12.8. The van der Waals surface area contributed by atoms with Crippen molar-refractivity contribution in [2.45, 2.75) is 39.2 Å². The summed E-state index contributed by atoms with van der Waals surface area (Å²) < 4.78 is 10.8. The number of anilines is 1. The monoisotopic (exact) mass is 476 g/mol. The van der Waals surface area contributed by atoms with Crippen molar-refractivity contribution in [1.29, 1.82) is 0 Å². The van der Waals surface area contributed by atoms with Crippen LogP contribution in [0, 0.1) is 5.41 Å². The van der Waals surface area contributed by atoms with Gasteiger partial charge in [0.1, 0.15) is 6.61 Å². The zero-order valence-electron chi connectivity index (χ0n) is 20.0. The molecule has 0 unspecified atom stereocenters. The number of aliphatic carboxylic acids is 1. The van der Waals surface area contributed by atoms with Crippen molar-refractivity contribution in [1.82, 2.24) is 5.32 Å². The summed E-state index contributed by atoms with van der Waals surface area (Å²) in [7, 11) is 0. The molecule has 0 saturated heterocycles. The molecular formula is C27H28N2O6. The van der Waals surface area contributed by atoms with Gasteiger partial charge >= 0.3 is 12.1 Å². The second-order valence-corrected chi connectivity index (χ2v) is 9.62. The molecule has 4 rings (SSSR count). The number of carbonyl (C=O) groups is 3. The van der Waals surface area contributed by atoms with E-state index < -0.39 is 28.9 Å². The molecule has 1 aliphatic carbocycles. The first kappa shape index (κ1) is 24.1. The summed E-state index contributed by atoms with van der Waals surface area (Å²) in [6, 6.07) is 17.5. The Morgan fingerprint density at radius 2 is 1.51 bits per heavy atom. The van der Waals surface area contributed by atoms with Gasteiger partial charge in [-0.05, 0) is 49.9 Å². The van der Waals surface area contributed by atoms with E-state index in [1.807, 2.05) is 36.4 Å². The van der Waals surface area contributed by atoms with Gasteiger partial charge in [-0.3, -0.25) is 14.9 Å². The van der Waals surface area contributed by atoms with Gasteiger partial charge in [-0.2, -0.15) is 0 Å². The highest BCUT2D eigenvalue weighted by Crippen LogP contribution is 2.44. The van der Waals surface area contributed by atoms with Crippen molar-refractivity contribution in [2.75, 3.05) is 11.9 Å².